The average Bonchev–Trinajstić information content (AvgIpc) is 2.65. The van der Waals surface area contributed by atoms with Crippen LogP contribution in [0.25, 0.3) is 0 Å². The number of ether oxygens (including phenoxy) is 1. The maximum absolute atomic E-state index is 11.9. The fourth-order valence-corrected chi connectivity index (χ4v) is 3.37. The lowest BCUT2D eigenvalue weighted by molar-refractivity contribution is -0.149. The van der Waals surface area contributed by atoms with Gasteiger partial charge in [-0.2, -0.15) is 0 Å². The van der Waals surface area contributed by atoms with Gasteiger partial charge in [-0.25, -0.2) is 4.99 Å². The summed E-state index contributed by atoms with van der Waals surface area (Å²) in [5.74, 6) is 0.890. The van der Waals surface area contributed by atoms with Crippen LogP contribution in [0.2, 0.25) is 0 Å². The molecule has 0 atom stereocenters. The maximum atomic E-state index is 11.9. The van der Waals surface area contributed by atoms with Gasteiger partial charge in [0.1, 0.15) is 0 Å². The number of likely N-dealkylation sites (tertiary alicyclic amines) is 1. The van der Waals surface area contributed by atoms with Crippen LogP contribution in [0.1, 0.15) is 37.8 Å². The van der Waals surface area contributed by atoms with Gasteiger partial charge in [0.2, 0.25) is 0 Å². The molecular weight excluding hydrogens is 467 g/mol. The summed E-state index contributed by atoms with van der Waals surface area (Å²) in [4.78, 5) is 21.2. The van der Waals surface area contributed by atoms with Crippen molar-refractivity contribution in [2.75, 3.05) is 40.3 Å². The molecule has 1 fully saturated rings. The minimum atomic E-state index is -0.0585. The molecule has 1 aliphatic heterocycles. The molecule has 6 nitrogen and oxygen atoms in total. The van der Waals surface area contributed by atoms with Gasteiger partial charge in [0, 0.05) is 26.2 Å². The number of carbonyl (C=O) groups excluding carboxylic acids is 1. The molecule has 1 aromatic rings. The smallest absolute Gasteiger partial charge is 0.309 e. The molecule has 0 aromatic heterocycles. The van der Waals surface area contributed by atoms with Gasteiger partial charge in [0.05, 0.1) is 19.1 Å². The lowest BCUT2D eigenvalue weighted by Gasteiger charge is -2.33. The van der Waals surface area contributed by atoms with Gasteiger partial charge in [-0.3, -0.25) is 4.79 Å². The molecule has 1 N–H and O–H groups in total. The molecule has 1 saturated heterocycles. The third-order valence-corrected chi connectivity index (χ3v) is 4.65. The Bertz CT molecular complexity index is 629. The Kier molecular flexibility index (Phi) is 11.4. The van der Waals surface area contributed by atoms with E-state index in [4.69, 9.17) is 9.73 Å². The Morgan fingerprint density at radius 2 is 1.93 bits per heavy atom. The monoisotopic (exact) mass is 502 g/mol. The predicted octanol–water partition coefficient (Wildman–Crippen LogP) is 3.11. The molecule has 28 heavy (non-hydrogen) atoms. The lowest BCUT2D eigenvalue weighted by Crippen LogP contribution is -2.46. The van der Waals surface area contributed by atoms with Crippen LogP contribution in [-0.2, 0) is 22.6 Å². The van der Waals surface area contributed by atoms with Gasteiger partial charge >= 0.3 is 5.97 Å². The number of rotatable bonds is 7. The van der Waals surface area contributed by atoms with E-state index in [0.717, 1.165) is 45.0 Å². The summed E-state index contributed by atoms with van der Waals surface area (Å²) in [5.41, 5.74) is 2.51. The van der Waals surface area contributed by atoms with Crippen molar-refractivity contribution in [3.63, 3.8) is 0 Å². The number of hydrogen-bond acceptors (Lipinski definition) is 4. The summed E-state index contributed by atoms with van der Waals surface area (Å²) >= 11 is 0. The number of carbonyl (C=O) groups is 1. The number of guanidine groups is 1. The van der Waals surface area contributed by atoms with E-state index >= 15 is 0 Å². The van der Waals surface area contributed by atoms with Crippen molar-refractivity contribution in [3.8, 4) is 0 Å². The number of piperidine rings is 1. The topological polar surface area (TPSA) is 57.2 Å². The van der Waals surface area contributed by atoms with Crippen LogP contribution in [0.15, 0.2) is 29.3 Å². The number of esters is 1. The first-order valence-electron chi connectivity index (χ1n) is 9.95. The van der Waals surface area contributed by atoms with Crippen molar-refractivity contribution in [1.29, 1.82) is 0 Å². The molecule has 2 rings (SSSR count). The first-order chi connectivity index (χ1) is 13.0. The normalized spacial score (nSPS) is 15.3. The van der Waals surface area contributed by atoms with E-state index in [1.165, 1.54) is 11.1 Å². The van der Waals surface area contributed by atoms with E-state index in [0.29, 0.717) is 13.2 Å². The summed E-state index contributed by atoms with van der Waals surface area (Å²) < 4.78 is 5.16. The van der Waals surface area contributed by atoms with Crippen molar-refractivity contribution in [2.24, 2.45) is 10.9 Å². The second-order valence-electron chi connectivity index (χ2n) is 7.24. The Morgan fingerprint density at radius 1 is 1.25 bits per heavy atom. The lowest BCUT2D eigenvalue weighted by atomic mass is 9.97. The molecule has 0 saturated carbocycles. The molecule has 0 radical (unpaired) electrons. The number of benzene rings is 1. The van der Waals surface area contributed by atoms with Crippen LogP contribution in [0, 0.1) is 5.92 Å². The number of nitrogens with zero attached hydrogens (tertiary/aromatic N) is 3. The fourth-order valence-electron chi connectivity index (χ4n) is 3.37. The van der Waals surface area contributed by atoms with Crippen LogP contribution >= 0.6 is 24.0 Å². The molecule has 0 unspecified atom stereocenters. The van der Waals surface area contributed by atoms with Crippen LogP contribution in [0.3, 0.4) is 0 Å². The highest BCUT2D eigenvalue weighted by Crippen LogP contribution is 2.19. The zero-order valence-electron chi connectivity index (χ0n) is 17.6. The molecule has 158 valence electrons. The minimum Gasteiger partial charge on any atom is -0.466 e. The summed E-state index contributed by atoms with van der Waals surface area (Å²) in [6.07, 6.45) is 1.64. The molecule has 0 aliphatic carbocycles. The molecule has 0 bridgehead atoms. The quantitative estimate of drug-likeness (QED) is 0.269. The average molecular weight is 502 g/mol. The highest BCUT2D eigenvalue weighted by Gasteiger charge is 2.27. The first kappa shape index (κ1) is 24.7. The van der Waals surface area contributed by atoms with E-state index in [-0.39, 0.29) is 35.9 Å². The molecule has 0 spiro atoms. The van der Waals surface area contributed by atoms with E-state index < -0.39 is 0 Å². The van der Waals surface area contributed by atoms with E-state index in [9.17, 15) is 4.79 Å². The SMILES string of the molecule is CCNC(=NCc1cccc(CN(C)C)c1)N1CCC(C(=O)OCC)CC1.I. The number of hydrogen-bond donors (Lipinski definition) is 1. The largest absolute Gasteiger partial charge is 0.466 e. The highest BCUT2D eigenvalue weighted by molar-refractivity contribution is 14.0. The highest BCUT2D eigenvalue weighted by atomic mass is 127. The first-order valence-corrected chi connectivity index (χ1v) is 9.95. The molecule has 0 amide bonds. The Hall–Kier alpha value is -1.35. The van der Waals surface area contributed by atoms with Crippen molar-refractivity contribution in [3.05, 3.63) is 35.4 Å². The van der Waals surface area contributed by atoms with Gasteiger partial charge in [0.25, 0.3) is 0 Å². The number of halogens is 1. The molecular formula is C21H35IN4O2. The van der Waals surface area contributed by atoms with Crippen molar-refractivity contribution < 1.29 is 9.53 Å². The summed E-state index contributed by atoms with van der Waals surface area (Å²) in [6, 6.07) is 8.60. The van der Waals surface area contributed by atoms with E-state index in [1.54, 1.807) is 0 Å². The van der Waals surface area contributed by atoms with Crippen LogP contribution in [0.5, 0.6) is 0 Å². The Morgan fingerprint density at radius 3 is 2.54 bits per heavy atom. The van der Waals surface area contributed by atoms with Crippen molar-refractivity contribution in [2.45, 2.75) is 39.8 Å². The van der Waals surface area contributed by atoms with Crippen molar-refractivity contribution in [1.82, 2.24) is 15.1 Å². The third-order valence-electron chi connectivity index (χ3n) is 4.65. The minimum absolute atomic E-state index is 0. The Labute approximate surface area is 186 Å². The maximum Gasteiger partial charge on any atom is 0.309 e. The molecule has 1 aromatic carbocycles. The van der Waals surface area contributed by atoms with Gasteiger partial charge in [-0.05, 0) is 51.9 Å². The van der Waals surface area contributed by atoms with Gasteiger partial charge in [-0.1, -0.05) is 24.3 Å². The number of aliphatic imine (C=N–C) groups is 1. The van der Waals surface area contributed by atoms with Gasteiger partial charge in [0.15, 0.2) is 5.96 Å². The molecule has 1 heterocycles. The second kappa shape index (κ2) is 13.0. The zero-order chi connectivity index (χ0) is 19.6. The molecule has 1 aliphatic rings. The van der Waals surface area contributed by atoms with Gasteiger partial charge in [-0.15, -0.1) is 24.0 Å². The number of nitrogens with one attached hydrogen (secondary N) is 1. The van der Waals surface area contributed by atoms with Gasteiger partial charge < -0.3 is 19.9 Å². The standard InChI is InChI=1S/C21H34N4O2.HI/c1-5-22-21(25-12-10-19(11-13-25)20(26)27-6-2)23-15-17-8-7-9-18(14-17)16-24(3)4;/h7-9,14,19H,5-6,10-13,15-16H2,1-4H3,(H,22,23);1H. The van der Waals surface area contributed by atoms with Crippen LogP contribution < -0.4 is 5.32 Å². The van der Waals surface area contributed by atoms with E-state index in [1.807, 2.05) is 6.92 Å². The Balaban J connectivity index is 0.00000392. The third kappa shape index (κ3) is 7.95. The predicted molar refractivity (Wildman–Crippen MR) is 125 cm³/mol. The summed E-state index contributed by atoms with van der Waals surface area (Å²) in [5, 5.41) is 3.39. The van der Waals surface area contributed by atoms with E-state index in [2.05, 4.69) is 60.4 Å². The van der Waals surface area contributed by atoms with Crippen LogP contribution in [-0.4, -0.2) is 62.1 Å². The summed E-state index contributed by atoms with van der Waals surface area (Å²) in [7, 11) is 4.15. The summed E-state index contributed by atoms with van der Waals surface area (Å²) in [6.45, 7) is 8.47. The van der Waals surface area contributed by atoms with Crippen LogP contribution in [0.4, 0.5) is 0 Å². The second-order valence-corrected chi connectivity index (χ2v) is 7.24. The fraction of sp³-hybridized carbons (Fsp3) is 0.619. The van der Waals surface area contributed by atoms with Crippen molar-refractivity contribution >= 4 is 35.9 Å². The molecule has 7 heteroatoms. The zero-order valence-corrected chi connectivity index (χ0v) is 19.9.